The summed E-state index contributed by atoms with van der Waals surface area (Å²) in [4.78, 5) is 4.28. The van der Waals surface area contributed by atoms with Gasteiger partial charge in [0.05, 0.1) is 16.4 Å². The van der Waals surface area contributed by atoms with Crippen molar-refractivity contribution >= 4 is 28.7 Å². The van der Waals surface area contributed by atoms with Crippen molar-refractivity contribution in [2.24, 2.45) is 7.05 Å². The number of halogens is 2. The number of benzene rings is 1. The van der Waals surface area contributed by atoms with Crippen LogP contribution in [0.4, 0.5) is 10.3 Å². The molecule has 0 amide bonds. The Labute approximate surface area is 113 Å². The van der Waals surface area contributed by atoms with Gasteiger partial charge in [-0.3, -0.25) is 4.57 Å². The van der Waals surface area contributed by atoms with Gasteiger partial charge in [0.15, 0.2) is 5.65 Å². The third-order valence-electron chi connectivity index (χ3n) is 2.99. The van der Waals surface area contributed by atoms with Crippen LogP contribution in [-0.4, -0.2) is 19.3 Å². The molecule has 5 nitrogen and oxygen atoms in total. The van der Waals surface area contributed by atoms with E-state index in [1.54, 1.807) is 22.4 Å². The van der Waals surface area contributed by atoms with Crippen molar-refractivity contribution in [1.82, 2.24) is 19.3 Å². The molecule has 0 spiro atoms. The number of fused-ring (bicyclic) bond motifs is 1. The predicted molar refractivity (Wildman–Crippen MR) is 72.0 cm³/mol. The van der Waals surface area contributed by atoms with Crippen LogP contribution in [-0.2, 0) is 7.05 Å². The maximum Gasteiger partial charge on any atom is 0.207 e. The highest BCUT2D eigenvalue weighted by Gasteiger charge is 2.17. The van der Waals surface area contributed by atoms with E-state index in [2.05, 4.69) is 10.1 Å². The quantitative estimate of drug-likeness (QED) is 0.744. The molecule has 3 rings (SSSR count). The second-order valence-corrected chi connectivity index (χ2v) is 4.69. The highest BCUT2D eigenvalue weighted by molar-refractivity contribution is 6.30. The maximum absolute atomic E-state index is 13.2. The van der Waals surface area contributed by atoms with E-state index in [0.717, 1.165) is 16.9 Å². The van der Waals surface area contributed by atoms with Gasteiger partial charge in [0.1, 0.15) is 11.3 Å². The second kappa shape index (κ2) is 3.96. The Balaban J connectivity index is 2.35. The lowest BCUT2D eigenvalue weighted by Crippen LogP contribution is -2.05. The van der Waals surface area contributed by atoms with Crippen LogP contribution in [0.1, 0.15) is 5.69 Å². The monoisotopic (exact) mass is 279 g/mol. The molecule has 0 aliphatic heterocycles. The average Bonchev–Trinajstić information content (AvgIpc) is 2.82. The molecule has 2 heterocycles. The van der Waals surface area contributed by atoms with Gasteiger partial charge in [-0.25, -0.2) is 14.1 Å². The molecule has 19 heavy (non-hydrogen) atoms. The van der Waals surface area contributed by atoms with Crippen molar-refractivity contribution in [2.45, 2.75) is 6.92 Å². The number of rotatable bonds is 1. The third-order valence-corrected chi connectivity index (χ3v) is 3.28. The number of hydrogen-bond acceptors (Lipinski definition) is 3. The molecular weight excluding hydrogens is 269 g/mol. The fourth-order valence-corrected chi connectivity index (χ4v) is 2.34. The topological polar surface area (TPSA) is 61.7 Å². The van der Waals surface area contributed by atoms with Crippen molar-refractivity contribution in [3.63, 3.8) is 0 Å². The molecule has 98 valence electrons. The molecule has 0 aliphatic rings. The summed E-state index contributed by atoms with van der Waals surface area (Å²) in [6, 6.07) is 4.41. The molecule has 0 bridgehead atoms. The number of nitrogens with zero attached hydrogens (tertiary/aromatic N) is 4. The van der Waals surface area contributed by atoms with Crippen LogP contribution in [0.3, 0.4) is 0 Å². The Morgan fingerprint density at radius 2 is 2.11 bits per heavy atom. The van der Waals surface area contributed by atoms with Gasteiger partial charge >= 0.3 is 0 Å². The summed E-state index contributed by atoms with van der Waals surface area (Å²) in [6.45, 7) is 1.86. The van der Waals surface area contributed by atoms with Gasteiger partial charge < -0.3 is 5.73 Å². The third kappa shape index (κ3) is 1.67. The number of hydrogen-bond donors (Lipinski definition) is 1. The first-order valence-electron chi connectivity index (χ1n) is 5.62. The molecule has 0 atom stereocenters. The normalized spacial score (nSPS) is 11.4. The highest BCUT2D eigenvalue weighted by atomic mass is 35.5. The molecule has 2 N–H and O–H groups in total. The molecule has 0 aliphatic carbocycles. The second-order valence-electron chi connectivity index (χ2n) is 4.29. The molecular formula is C12H11ClFN5. The van der Waals surface area contributed by atoms with E-state index < -0.39 is 5.82 Å². The lowest BCUT2D eigenvalue weighted by molar-refractivity contribution is 0.628. The summed E-state index contributed by atoms with van der Waals surface area (Å²) in [5, 5.41) is 4.33. The molecule has 3 aromatic rings. The first-order chi connectivity index (χ1) is 8.99. The van der Waals surface area contributed by atoms with Crippen LogP contribution in [0.15, 0.2) is 18.2 Å². The minimum atomic E-state index is -0.471. The number of aryl methyl sites for hydroxylation is 2. The molecule has 2 aromatic heterocycles. The molecule has 0 radical (unpaired) electrons. The fraction of sp³-hybridized carbons (Fsp3) is 0.167. The molecule has 0 fully saturated rings. The number of nitrogen functional groups attached to an aromatic ring is 1. The summed E-state index contributed by atoms with van der Waals surface area (Å²) in [6.07, 6.45) is 0. The SMILES string of the molecule is Cc1nn(C)c2c1nc(N)n2-c1ccc(F)c(Cl)c1. The van der Waals surface area contributed by atoms with E-state index in [1.807, 2.05) is 6.92 Å². The number of anilines is 1. The maximum atomic E-state index is 13.2. The zero-order chi connectivity index (χ0) is 13.7. The Hall–Kier alpha value is -2.08. The van der Waals surface area contributed by atoms with E-state index in [4.69, 9.17) is 17.3 Å². The van der Waals surface area contributed by atoms with Crippen LogP contribution in [0.2, 0.25) is 5.02 Å². The van der Waals surface area contributed by atoms with Crippen LogP contribution in [0.5, 0.6) is 0 Å². The van der Waals surface area contributed by atoms with Gasteiger partial charge in [-0.2, -0.15) is 5.10 Å². The van der Waals surface area contributed by atoms with Crippen molar-refractivity contribution in [3.05, 3.63) is 34.7 Å². The van der Waals surface area contributed by atoms with Gasteiger partial charge in [-0.1, -0.05) is 11.6 Å². The van der Waals surface area contributed by atoms with E-state index >= 15 is 0 Å². The molecule has 1 aromatic carbocycles. The van der Waals surface area contributed by atoms with Crippen molar-refractivity contribution in [3.8, 4) is 5.69 Å². The molecule has 7 heteroatoms. The number of nitrogens with two attached hydrogens (primary N) is 1. The van der Waals surface area contributed by atoms with E-state index in [-0.39, 0.29) is 5.02 Å². The minimum Gasteiger partial charge on any atom is -0.369 e. The van der Waals surface area contributed by atoms with Gasteiger partial charge in [-0.05, 0) is 25.1 Å². The van der Waals surface area contributed by atoms with Gasteiger partial charge in [0.25, 0.3) is 0 Å². The standard InChI is InChI=1S/C12H11ClFN5/c1-6-10-11(18(2)17-6)19(12(15)16-10)7-3-4-9(14)8(13)5-7/h3-5H,1-2H3,(H2,15,16). The van der Waals surface area contributed by atoms with E-state index in [9.17, 15) is 4.39 Å². The van der Waals surface area contributed by atoms with E-state index in [1.165, 1.54) is 12.1 Å². The van der Waals surface area contributed by atoms with E-state index in [0.29, 0.717) is 11.6 Å². The molecule has 0 unspecified atom stereocenters. The van der Waals surface area contributed by atoms with Crippen molar-refractivity contribution < 1.29 is 4.39 Å². The molecule has 0 saturated carbocycles. The van der Waals surface area contributed by atoms with Crippen molar-refractivity contribution in [2.75, 3.05) is 5.73 Å². The lowest BCUT2D eigenvalue weighted by atomic mass is 10.3. The Kier molecular flexibility index (Phi) is 2.50. The largest absolute Gasteiger partial charge is 0.369 e. The smallest absolute Gasteiger partial charge is 0.207 e. The Morgan fingerprint density at radius 1 is 1.37 bits per heavy atom. The minimum absolute atomic E-state index is 0.0395. The number of imidazole rings is 1. The Morgan fingerprint density at radius 3 is 2.79 bits per heavy atom. The van der Waals surface area contributed by atoms with Gasteiger partial charge in [-0.15, -0.1) is 0 Å². The first-order valence-corrected chi connectivity index (χ1v) is 6.00. The van der Waals surface area contributed by atoms with Crippen LogP contribution in [0.25, 0.3) is 16.9 Å². The summed E-state index contributed by atoms with van der Waals surface area (Å²) in [5.74, 6) is -0.157. The zero-order valence-electron chi connectivity index (χ0n) is 10.4. The van der Waals surface area contributed by atoms with Crippen LogP contribution in [0, 0.1) is 12.7 Å². The zero-order valence-corrected chi connectivity index (χ0v) is 11.1. The van der Waals surface area contributed by atoms with Crippen LogP contribution >= 0.6 is 11.6 Å². The fourth-order valence-electron chi connectivity index (χ4n) is 2.17. The van der Waals surface area contributed by atoms with Gasteiger partial charge in [0, 0.05) is 7.05 Å². The average molecular weight is 280 g/mol. The molecule has 0 saturated heterocycles. The Bertz CT molecular complexity index is 789. The lowest BCUT2D eigenvalue weighted by Gasteiger charge is -2.07. The first kappa shape index (κ1) is 12.0. The summed E-state index contributed by atoms with van der Waals surface area (Å²) in [5.41, 5.74) is 8.84. The highest BCUT2D eigenvalue weighted by Crippen LogP contribution is 2.27. The van der Waals surface area contributed by atoms with Crippen LogP contribution < -0.4 is 5.73 Å². The summed E-state index contributed by atoms with van der Waals surface area (Å²) < 4.78 is 16.6. The predicted octanol–water partition coefficient (Wildman–Crippen LogP) is 2.44. The summed E-state index contributed by atoms with van der Waals surface area (Å²) >= 11 is 5.81. The number of aromatic nitrogens is 4. The summed E-state index contributed by atoms with van der Waals surface area (Å²) in [7, 11) is 1.80. The van der Waals surface area contributed by atoms with Crippen molar-refractivity contribution in [1.29, 1.82) is 0 Å². The van der Waals surface area contributed by atoms with Gasteiger partial charge in [0.2, 0.25) is 5.95 Å².